The Morgan fingerprint density at radius 3 is 2.23 bits per heavy atom. The lowest BCUT2D eigenvalue weighted by Crippen LogP contribution is -2.44. The Kier molecular flexibility index (Phi) is 6.00. The van der Waals surface area contributed by atoms with Gasteiger partial charge in [-0.15, -0.1) is 0 Å². The number of anilines is 1. The van der Waals surface area contributed by atoms with Crippen LogP contribution in [0.4, 0.5) is 5.13 Å². The molecule has 0 spiro atoms. The lowest BCUT2D eigenvalue weighted by Gasteiger charge is -2.11. The van der Waals surface area contributed by atoms with E-state index in [9.17, 15) is 14.4 Å². The van der Waals surface area contributed by atoms with Crippen LogP contribution in [0.2, 0.25) is 0 Å². The summed E-state index contributed by atoms with van der Waals surface area (Å²) in [6.07, 6.45) is 0. The van der Waals surface area contributed by atoms with Crippen molar-refractivity contribution < 1.29 is 14.4 Å². The maximum absolute atomic E-state index is 12.8. The number of rotatable bonds is 6. The topological polar surface area (TPSA) is 100 Å². The Hall–Kier alpha value is -4.04. The van der Waals surface area contributed by atoms with Gasteiger partial charge in [0.25, 0.3) is 11.8 Å². The van der Waals surface area contributed by atoms with Gasteiger partial charge < -0.3 is 5.32 Å². The number of para-hydroxylation sites is 1. The van der Waals surface area contributed by atoms with E-state index in [2.05, 4.69) is 21.2 Å². The van der Waals surface area contributed by atoms with Crippen LogP contribution in [-0.2, 0) is 4.79 Å². The maximum Gasteiger partial charge on any atom is 0.270 e. The summed E-state index contributed by atoms with van der Waals surface area (Å²) in [5.74, 6) is -1.29. The van der Waals surface area contributed by atoms with Crippen molar-refractivity contribution in [3.63, 3.8) is 0 Å². The number of carbonyl (C=O) groups excluding carboxylic acids is 3. The fourth-order valence-electron chi connectivity index (χ4n) is 2.97. The first-order chi connectivity index (χ1) is 15.1. The SMILES string of the molecule is O=C(CNc1nc2ccccc2s1)NNC(=O)c1ccccc1C(=O)c1ccccc1. The lowest BCUT2D eigenvalue weighted by molar-refractivity contribution is -0.120. The van der Waals surface area contributed by atoms with Crippen molar-refractivity contribution in [2.24, 2.45) is 0 Å². The van der Waals surface area contributed by atoms with Gasteiger partial charge in [-0.05, 0) is 18.2 Å². The van der Waals surface area contributed by atoms with Gasteiger partial charge in [-0.2, -0.15) is 0 Å². The molecular weight excluding hydrogens is 412 g/mol. The Morgan fingerprint density at radius 2 is 1.45 bits per heavy atom. The Labute approximate surface area is 182 Å². The number of thiazole rings is 1. The fraction of sp³-hybridized carbons (Fsp3) is 0.0435. The number of aromatic nitrogens is 1. The highest BCUT2D eigenvalue weighted by atomic mass is 32.1. The first-order valence-corrected chi connectivity index (χ1v) is 10.3. The van der Waals surface area contributed by atoms with Gasteiger partial charge in [-0.25, -0.2) is 4.98 Å². The van der Waals surface area contributed by atoms with Crippen LogP contribution in [0.25, 0.3) is 10.2 Å². The number of fused-ring (bicyclic) bond motifs is 1. The van der Waals surface area contributed by atoms with Crippen LogP contribution < -0.4 is 16.2 Å². The minimum atomic E-state index is -0.576. The quantitative estimate of drug-likeness (QED) is 0.322. The van der Waals surface area contributed by atoms with Crippen LogP contribution >= 0.6 is 11.3 Å². The van der Waals surface area contributed by atoms with Crippen LogP contribution in [0.5, 0.6) is 0 Å². The molecule has 31 heavy (non-hydrogen) atoms. The van der Waals surface area contributed by atoms with Gasteiger partial charge in [0, 0.05) is 11.1 Å². The molecule has 4 rings (SSSR count). The molecule has 0 fully saturated rings. The number of benzene rings is 3. The van der Waals surface area contributed by atoms with E-state index in [4.69, 9.17) is 0 Å². The van der Waals surface area contributed by atoms with Crippen molar-refractivity contribution in [3.8, 4) is 0 Å². The molecule has 7 nitrogen and oxygen atoms in total. The van der Waals surface area contributed by atoms with Crippen molar-refractivity contribution in [2.45, 2.75) is 0 Å². The highest BCUT2D eigenvalue weighted by Gasteiger charge is 2.18. The maximum atomic E-state index is 12.8. The van der Waals surface area contributed by atoms with E-state index in [0.29, 0.717) is 10.7 Å². The molecule has 1 heterocycles. The fourth-order valence-corrected chi connectivity index (χ4v) is 3.83. The number of nitrogens with zero attached hydrogens (tertiary/aromatic N) is 1. The summed E-state index contributed by atoms with van der Waals surface area (Å²) in [4.78, 5) is 41.9. The van der Waals surface area contributed by atoms with Crippen LogP contribution in [0.1, 0.15) is 26.3 Å². The zero-order chi connectivity index (χ0) is 21.6. The second kappa shape index (κ2) is 9.19. The third-order valence-corrected chi connectivity index (χ3v) is 5.46. The summed E-state index contributed by atoms with van der Waals surface area (Å²) in [6, 6.07) is 22.8. The molecule has 0 aliphatic rings. The van der Waals surface area contributed by atoms with Crippen molar-refractivity contribution in [3.05, 3.63) is 95.6 Å². The third kappa shape index (κ3) is 4.76. The third-order valence-electron chi connectivity index (χ3n) is 4.46. The molecule has 2 amide bonds. The summed E-state index contributed by atoms with van der Waals surface area (Å²) in [5.41, 5.74) is 6.48. The molecule has 0 aliphatic heterocycles. The molecule has 8 heteroatoms. The zero-order valence-electron chi connectivity index (χ0n) is 16.3. The Morgan fingerprint density at radius 1 is 0.774 bits per heavy atom. The van der Waals surface area contributed by atoms with Crippen molar-refractivity contribution in [2.75, 3.05) is 11.9 Å². The van der Waals surface area contributed by atoms with Crippen LogP contribution in [0.15, 0.2) is 78.9 Å². The van der Waals surface area contributed by atoms with Gasteiger partial charge in [-0.3, -0.25) is 25.2 Å². The van der Waals surface area contributed by atoms with Crippen LogP contribution in [0, 0.1) is 0 Å². The molecule has 0 saturated heterocycles. The molecule has 0 radical (unpaired) electrons. The number of ketones is 1. The van der Waals surface area contributed by atoms with E-state index in [1.165, 1.54) is 17.4 Å². The van der Waals surface area contributed by atoms with Crippen LogP contribution in [0.3, 0.4) is 0 Å². The summed E-state index contributed by atoms with van der Waals surface area (Å²) in [5, 5.41) is 3.55. The molecule has 0 aliphatic carbocycles. The summed E-state index contributed by atoms with van der Waals surface area (Å²) in [7, 11) is 0. The van der Waals surface area contributed by atoms with Gasteiger partial charge >= 0.3 is 0 Å². The Bertz CT molecular complexity index is 1220. The van der Waals surface area contributed by atoms with Gasteiger partial charge in [0.2, 0.25) is 0 Å². The van der Waals surface area contributed by atoms with Gasteiger partial charge in [0.05, 0.1) is 22.3 Å². The lowest BCUT2D eigenvalue weighted by atomic mass is 9.98. The zero-order valence-corrected chi connectivity index (χ0v) is 17.1. The van der Waals surface area contributed by atoms with E-state index in [0.717, 1.165) is 10.2 Å². The molecule has 4 aromatic rings. The van der Waals surface area contributed by atoms with E-state index in [-0.39, 0.29) is 23.5 Å². The molecule has 154 valence electrons. The van der Waals surface area contributed by atoms with Crippen molar-refractivity contribution >= 4 is 44.3 Å². The van der Waals surface area contributed by atoms with E-state index >= 15 is 0 Å². The number of nitrogens with one attached hydrogen (secondary N) is 3. The minimum absolute atomic E-state index is 0.0648. The molecule has 0 bridgehead atoms. The Balaban J connectivity index is 1.36. The largest absolute Gasteiger partial charge is 0.352 e. The van der Waals surface area contributed by atoms with Gasteiger partial charge in [-0.1, -0.05) is 72.0 Å². The first kappa shape index (κ1) is 20.2. The smallest absolute Gasteiger partial charge is 0.270 e. The number of amides is 2. The number of hydrazine groups is 1. The first-order valence-electron chi connectivity index (χ1n) is 9.49. The molecule has 1 aromatic heterocycles. The average Bonchev–Trinajstić information content (AvgIpc) is 3.24. The van der Waals surface area contributed by atoms with Crippen LogP contribution in [-0.4, -0.2) is 29.1 Å². The number of hydrogen-bond acceptors (Lipinski definition) is 6. The minimum Gasteiger partial charge on any atom is -0.352 e. The van der Waals surface area contributed by atoms with Gasteiger partial charge in [0.1, 0.15) is 0 Å². The van der Waals surface area contributed by atoms with E-state index in [1.807, 2.05) is 30.3 Å². The number of hydrogen-bond donors (Lipinski definition) is 3. The predicted molar refractivity (Wildman–Crippen MR) is 120 cm³/mol. The normalized spacial score (nSPS) is 10.5. The molecule has 0 unspecified atom stereocenters. The van der Waals surface area contributed by atoms with E-state index in [1.54, 1.807) is 42.5 Å². The highest BCUT2D eigenvalue weighted by Crippen LogP contribution is 2.25. The molecule has 0 atom stereocenters. The summed E-state index contributed by atoms with van der Waals surface area (Å²) in [6.45, 7) is -0.0648. The molecular formula is C23H18N4O3S. The average molecular weight is 430 g/mol. The second-order valence-corrected chi connectivity index (χ2v) is 7.61. The second-order valence-electron chi connectivity index (χ2n) is 6.58. The summed E-state index contributed by atoms with van der Waals surface area (Å²) >= 11 is 1.44. The molecule has 0 saturated carbocycles. The molecule has 3 aromatic carbocycles. The standard InChI is InChI=1S/C23H18N4O3S/c28-20(14-24-23-25-18-12-6-7-13-19(18)31-23)26-27-22(30)17-11-5-4-10-16(17)21(29)15-8-2-1-3-9-15/h1-13H,14H2,(H,24,25)(H,26,28)(H,27,30). The predicted octanol–water partition coefficient (Wildman–Crippen LogP) is 3.40. The van der Waals surface area contributed by atoms with Gasteiger partial charge in [0.15, 0.2) is 10.9 Å². The molecule has 3 N–H and O–H groups in total. The monoisotopic (exact) mass is 430 g/mol. The summed E-state index contributed by atoms with van der Waals surface area (Å²) < 4.78 is 1.01. The van der Waals surface area contributed by atoms with Crippen molar-refractivity contribution in [1.82, 2.24) is 15.8 Å². The number of carbonyl (C=O) groups is 3. The van der Waals surface area contributed by atoms with Crippen molar-refractivity contribution in [1.29, 1.82) is 0 Å². The van der Waals surface area contributed by atoms with E-state index < -0.39 is 11.8 Å². The highest BCUT2D eigenvalue weighted by molar-refractivity contribution is 7.22.